The largest absolute Gasteiger partial charge is 0.456 e. The highest BCUT2D eigenvalue weighted by Gasteiger charge is 2.17. The standard InChI is InChI=1S/C45H27N3O2/c1-3-11-28(12-4-1)30-15-9-16-32(25-30)44-46-43(29-13-5-2-6-14-29)47-45(48-44)33-22-24-36-35-23-21-31(26-40(35)50-41(36)27-33)34-18-10-20-39-42(34)37-17-7-8-19-38(37)49-39/h1-27H. The van der Waals surface area contributed by atoms with Gasteiger partial charge in [0, 0.05) is 38.2 Å². The molecule has 50 heavy (non-hydrogen) atoms. The van der Waals surface area contributed by atoms with Crippen LogP contribution in [-0.4, -0.2) is 15.0 Å². The molecule has 10 rings (SSSR count). The summed E-state index contributed by atoms with van der Waals surface area (Å²) >= 11 is 0. The van der Waals surface area contributed by atoms with Gasteiger partial charge >= 0.3 is 0 Å². The predicted octanol–water partition coefficient (Wildman–Crippen LogP) is 12.0. The number of fused-ring (bicyclic) bond motifs is 6. The van der Waals surface area contributed by atoms with Gasteiger partial charge in [0.15, 0.2) is 17.5 Å². The van der Waals surface area contributed by atoms with Gasteiger partial charge in [-0.1, -0.05) is 121 Å². The van der Waals surface area contributed by atoms with E-state index in [0.29, 0.717) is 17.5 Å². The van der Waals surface area contributed by atoms with Gasteiger partial charge in [0.05, 0.1) is 0 Å². The minimum Gasteiger partial charge on any atom is -0.456 e. The first-order valence-electron chi connectivity index (χ1n) is 16.6. The lowest BCUT2D eigenvalue weighted by molar-refractivity contribution is 0.668. The molecule has 0 unspecified atom stereocenters. The third-order valence-corrected chi connectivity index (χ3v) is 9.34. The molecule has 0 fully saturated rings. The third-order valence-electron chi connectivity index (χ3n) is 9.34. The Hall–Kier alpha value is -6.85. The quantitative estimate of drug-likeness (QED) is 0.187. The summed E-state index contributed by atoms with van der Waals surface area (Å²) in [6.07, 6.45) is 0. The fourth-order valence-corrected chi connectivity index (χ4v) is 6.92. The average molecular weight is 642 g/mol. The summed E-state index contributed by atoms with van der Waals surface area (Å²) in [4.78, 5) is 14.9. The van der Waals surface area contributed by atoms with E-state index < -0.39 is 0 Å². The van der Waals surface area contributed by atoms with Crippen molar-refractivity contribution in [3.05, 3.63) is 164 Å². The molecule has 3 heterocycles. The minimum absolute atomic E-state index is 0.584. The van der Waals surface area contributed by atoms with Gasteiger partial charge in [-0.25, -0.2) is 15.0 Å². The van der Waals surface area contributed by atoms with Crippen LogP contribution in [0, 0.1) is 0 Å². The fraction of sp³-hybridized carbons (Fsp3) is 0. The summed E-state index contributed by atoms with van der Waals surface area (Å²) in [6.45, 7) is 0. The maximum atomic E-state index is 6.56. The lowest BCUT2D eigenvalue weighted by Gasteiger charge is -2.09. The second-order valence-electron chi connectivity index (χ2n) is 12.4. The Morgan fingerprint density at radius 1 is 0.300 bits per heavy atom. The van der Waals surface area contributed by atoms with Crippen LogP contribution < -0.4 is 0 Å². The predicted molar refractivity (Wildman–Crippen MR) is 202 cm³/mol. The number of benzene rings is 7. The van der Waals surface area contributed by atoms with E-state index in [2.05, 4.69) is 66.7 Å². The normalized spacial score (nSPS) is 11.6. The van der Waals surface area contributed by atoms with Gasteiger partial charge in [0.2, 0.25) is 0 Å². The molecule has 7 aromatic carbocycles. The Morgan fingerprint density at radius 2 is 0.820 bits per heavy atom. The maximum absolute atomic E-state index is 6.56. The second-order valence-corrected chi connectivity index (χ2v) is 12.4. The summed E-state index contributed by atoms with van der Waals surface area (Å²) in [7, 11) is 0. The molecule has 0 bridgehead atoms. The van der Waals surface area contributed by atoms with Gasteiger partial charge in [-0.2, -0.15) is 0 Å². The van der Waals surface area contributed by atoms with Crippen molar-refractivity contribution in [2.75, 3.05) is 0 Å². The number of nitrogens with zero attached hydrogens (tertiary/aromatic N) is 3. The van der Waals surface area contributed by atoms with Crippen molar-refractivity contribution >= 4 is 43.9 Å². The van der Waals surface area contributed by atoms with Gasteiger partial charge in [0.25, 0.3) is 0 Å². The molecule has 0 saturated heterocycles. The monoisotopic (exact) mass is 641 g/mol. The van der Waals surface area contributed by atoms with Crippen molar-refractivity contribution in [3.63, 3.8) is 0 Å². The van der Waals surface area contributed by atoms with E-state index >= 15 is 0 Å². The molecular weight excluding hydrogens is 615 g/mol. The van der Waals surface area contributed by atoms with E-state index in [1.165, 1.54) is 0 Å². The number of furan rings is 2. The van der Waals surface area contributed by atoms with E-state index in [1.54, 1.807) is 0 Å². The molecule has 0 N–H and O–H groups in total. The number of aromatic nitrogens is 3. The zero-order chi connectivity index (χ0) is 33.0. The Balaban J connectivity index is 1.09. The van der Waals surface area contributed by atoms with Crippen LogP contribution in [0.3, 0.4) is 0 Å². The Bertz CT molecular complexity index is 2870. The van der Waals surface area contributed by atoms with Crippen molar-refractivity contribution in [1.82, 2.24) is 15.0 Å². The van der Waals surface area contributed by atoms with E-state index in [9.17, 15) is 0 Å². The van der Waals surface area contributed by atoms with E-state index in [4.69, 9.17) is 23.8 Å². The van der Waals surface area contributed by atoms with Crippen LogP contribution in [0.1, 0.15) is 0 Å². The maximum Gasteiger partial charge on any atom is 0.164 e. The Labute approximate surface area is 287 Å². The number of para-hydroxylation sites is 1. The van der Waals surface area contributed by atoms with Crippen molar-refractivity contribution in [3.8, 4) is 56.4 Å². The first kappa shape index (κ1) is 28.2. The summed E-state index contributed by atoms with van der Waals surface area (Å²) in [5.41, 5.74) is 10.5. The highest BCUT2D eigenvalue weighted by molar-refractivity contribution is 6.13. The van der Waals surface area contributed by atoms with Crippen LogP contribution in [0.15, 0.2) is 173 Å². The number of hydrogen-bond donors (Lipinski definition) is 0. The zero-order valence-electron chi connectivity index (χ0n) is 26.7. The number of hydrogen-bond acceptors (Lipinski definition) is 5. The molecule has 0 atom stereocenters. The molecule has 5 heteroatoms. The Morgan fingerprint density at radius 3 is 1.58 bits per heavy atom. The molecule has 3 aromatic heterocycles. The second kappa shape index (κ2) is 11.4. The van der Waals surface area contributed by atoms with Gasteiger partial charge in [-0.3, -0.25) is 0 Å². The highest BCUT2D eigenvalue weighted by Crippen LogP contribution is 2.39. The highest BCUT2D eigenvalue weighted by atomic mass is 16.3. The first-order valence-corrected chi connectivity index (χ1v) is 16.6. The van der Waals surface area contributed by atoms with E-state index in [-0.39, 0.29) is 0 Å². The van der Waals surface area contributed by atoms with Crippen LogP contribution in [0.5, 0.6) is 0 Å². The molecule has 0 saturated carbocycles. The molecule has 0 spiro atoms. The van der Waals surface area contributed by atoms with Crippen LogP contribution >= 0.6 is 0 Å². The minimum atomic E-state index is 0.584. The summed E-state index contributed by atoms with van der Waals surface area (Å²) in [5, 5.41) is 4.30. The third kappa shape index (κ3) is 4.75. The summed E-state index contributed by atoms with van der Waals surface area (Å²) in [6, 6.07) is 55.7. The van der Waals surface area contributed by atoms with Crippen LogP contribution in [0.4, 0.5) is 0 Å². The van der Waals surface area contributed by atoms with Crippen molar-refractivity contribution in [2.45, 2.75) is 0 Å². The van der Waals surface area contributed by atoms with Crippen molar-refractivity contribution in [2.24, 2.45) is 0 Å². The fourth-order valence-electron chi connectivity index (χ4n) is 6.92. The summed E-state index contributed by atoms with van der Waals surface area (Å²) < 4.78 is 12.7. The molecule has 5 nitrogen and oxygen atoms in total. The van der Waals surface area contributed by atoms with Gasteiger partial charge < -0.3 is 8.83 Å². The summed E-state index contributed by atoms with van der Waals surface area (Å²) in [5.74, 6) is 1.81. The molecule has 10 aromatic rings. The number of rotatable bonds is 5. The van der Waals surface area contributed by atoms with Gasteiger partial charge in [-0.15, -0.1) is 0 Å². The SMILES string of the molecule is c1ccc(-c2cccc(-c3nc(-c4ccccc4)nc(-c4ccc5c(c4)oc4cc(-c6cccc7oc8ccccc8c67)ccc45)n3)c2)cc1. The molecule has 0 aliphatic heterocycles. The van der Waals surface area contributed by atoms with Gasteiger partial charge in [-0.05, 0) is 64.7 Å². The topological polar surface area (TPSA) is 65.0 Å². The van der Waals surface area contributed by atoms with Crippen LogP contribution in [-0.2, 0) is 0 Å². The lowest BCUT2D eigenvalue weighted by Crippen LogP contribution is -2.00. The van der Waals surface area contributed by atoms with Gasteiger partial charge in [0.1, 0.15) is 22.3 Å². The lowest BCUT2D eigenvalue weighted by atomic mass is 9.98. The van der Waals surface area contributed by atoms with Crippen LogP contribution in [0.2, 0.25) is 0 Å². The van der Waals surface area contributed by atoms with Crippen molar-refractivity contribution in [1.29, 1.82) is 0 Å². The van der Waals surface area contributed by atoms with E-state index in [0.717, 1.165) is 82.8 Å². The first-order chi connectivity index (χ1) is 24.7. The molecular formula is C45H27N3O2. The van der Waals surface area contributed by atoms with Crippen LogP contribution in [0.25, 0.3) is 100 Å². The van der Waals surface area contributed by atoms with Crippen molar-refractivity contribution < 1.29 is 8.83 Å². The average Bonchev–Trinajstić information content (AvgIpc) is 3.76. The zero-order valence-corrected chi connectivity index (χ0v) is 26.7. The molecule has 0 aliphatic carbocycles. The molecule has 0 amide bonds. The van der Waals surface area contributed by atoms with E-state index in [1.807, 2.05) is 97.1 Å². The molecule has 0 aliphatic rings. The Kier molecular flexibility index (Phi) is 6.42. The smallest absolute Gasteiger partial charge is 0.164 e. The molecule has 0 radical (unpaired) electrons. The molecule has 234 valence electrons.